The summed E-state index contributed by atoms with van der Waals surface area (Å²) in [6.45, 7) is 0.176. The smallest absolute Gasteiger partial charge is 0.400 e. The van der Waals surface area contributed by atoms with Gasteiger partial charge in [0.05, 0.1) is 6.54 Å². The molecule has 6 nitrogen and oxygen atoms in total. The summed E-state index contributed by atoms with van der Waals surface area (Å²) in [4.78, 5) is 4.12. The highest BCUT2D eigenvalue weighted by molar-refractivity contribution is 7.53. The van der Waals surface area contributed by atoms with Gasteiger partial charge in [0.15, 0.2) is 5.96 Å². The van der Waals surface area contributed by atoms with Gasteiger partial charge in [-0.1, -0.05) is 48.5 Å². The summed E-state index contributed by atoms with van der Waals surface area (Å²) in [5.74, 6) is 0.233. The largest absolute Gasteiger partial charge is 0.544 e. The van der Waals surface area contributed by atoms with Crippen molar-refractivity contribution in [2.24, 2.45) is 10.7 Å². The molecule has 144 valence electrons. The number of nitrogens with zero attached hydrogens (tertiary/aromatic N) is 1. The van der Waals surface area contributed by atoms with Crippen LogP contribution in [0.2, 0.25) is 0 Å². The Morgan fingerprint density at radius 1 is 0.893 bits per heavy atom. The van der Waals surface area contributed by atoms with Crippen LogP contribution in [0.15, 0.2) is 89.9 Å². The van der Waals surface area contributed by atoms with Crippen LogP contribution in [0.1, 0.15) is 5.56 Å². The molecule has 0 aliphatic heterocycles. The predicted octanol–water partition coefficient (Wildman–Crippen LogP) is 4.50. The standard InChI is InChI=1S/C20H19FN3O3P/c21-17-13-11-16(12-14-17)15-23-20(22)24-28(25,26-18-7-3-1-4-8-18)27-19-9-5-2-6-10-19/h1-14H,15H2,(H3,22,23,24,25). The maximum absolute atomic E-state index is 13.3. The van der Waals surface area contributed by atoms with E-state index in [1.807, 2.05) is 12.1 Å². The highest BCUT2D eigenvalue weighted by atomic mass is 31.2. The van der Waals surface area contributed by atoms with Crippen molar-refractivity contribution in [1.29, 1.82) is 0 Å². The maximum atomic E-state index is 13.3. The quantitative estimate of drug-likeness (QED) is 0.347. The fraction of sp³-hybridized carbons (Fsp3) is 0.0500. The number of nitrogens with one attached hydrogen (secondary N) is 1. The van der Waals surface area contributed by atoms with Gasteiger partial charge < -0.3 is 14.8 Å². The lowest BCUT2D eigenvalue weighted by molar-refractivity contribution is 0.380. The van der Waals surface area contributed by atoms with Gasteiger partial charge in [0.2, 0.25) is 0 Å². The Morgan fingerprint density at radius 2 is 1.39 bits per heavy atom. The van der Waals surface area contributed by atoms with E-state index < -0.39 is 7.75 Å². The van der Waals surface area contributed by atoms with Gasteiger partial charge in [-0.15, -0.1) is 0 Å². The maximum Gasteiger partial charge on any atom is 0.544 e. The highest BCUT2D eigenvalue weighted by Gasteiger charge is 2.29. The van der Waals surface area contributed by atoms with Crippen LogP contribution in [-0.4, -0.2) is 5.96 Å². The van der Waals surface area contributed by atoms with Gasteiger partial charge in [-0.05, 0) is 42.0 Å². The van der Waals surface area contributed by atoms with E-state index in [-0.39, 0.29) is 18.3 Å². The van der Waals surface area contributed by atoms with Crippen molar-refractivity contribution in [2.45, 2.75) is 6.54 Å². The minimum Gasteiger partial charge on any atom is -0.400 e. The SMILES string of the molecule is NC(=NCc1ccc(F)cc1)NP(=O)(Oc1ccccc1)Oc1ccccc1. The third kappa shape index (κ3) is 5.86. The molecule has 0 saturated carbocycles. The van der Waals surface area contributed by atoms with Crippen LogP contribution in [0.5, 0.6) is 11.5 Å². The molecule has 0 aliphatic rings. The summed E-state index contributed by atoms with van der Waals surface area (Å²) in [7, 11) is -3.91. The lowest BCUT2D eigenvalue weighted by Gasteiger charge is -2.20. The Hall–Kier alpha value is -3.31. The zero-order valence-corrected chi connectivity index (χ0v) is 15.8. The number of hydrogen-bond donors (Lipinski definition) is 2. The first-order valence-electron chi connectivity index (χ1n) is 8.44. The van der Waals surface area contributed by atoms with Crippen molar-refractivity contribution >= 4 is 13.7 Å². The van der Waals surface area contributed by atoms with Crippen LogP contribution in [-0.2, 0) is 11.1 Å². The van der Waals surface area contributed by atoms with Gasteiger partial charge in [-0.2, -0.15) is 0 Å². The van der Waals surface area contributed by atoms with E-state index in [2.05, 4.69) is 10.1 Å². The second-order valence-electron chi connectivity index (χ2n) is 5.75. The van der Waals surface area contributed by atoms with Gasteiger partial charge >= 0.3 is 7.75 Å². The van der Waals surface area contributed by atoms with E-state index in [0.29, 0.717) is 11.5 Å². The van der Waals surface area contributed by atoms with Crippen LogP contribution in [0.3, 0.4) is 0 Å². The molecule has 3 aromatic carbocycles. The van der Waals surface area contributed by atoms with Crippen molar-refractivity contribution in [3.8, 4) is 11.5 Å². The summed E-state index contributed by atoms with van der Waals surface area (Å²) in [6, 6.07) is 23.0. The first-order chi connectivity index (χ1) is 13.5. The average Bonchev–Trinajstić information content (AvgIpc) is 2.69. The van der Waals surface area contributed by atoms with E-state index >= 15 is 0 Å². The lowest BCUT2D eigenvalue weighted by Crippen LogP contribution is -2.32. The summed E-state index contributed by atoms with van der Waals surface area (Å²) >= 11 is 0. The zero-order valence-electron chi connectivity index (χ0n) is 14.9. The third-order valence-electron chi connectivity index (χ3n) is 3.53. The molecule has 0 bridgehead atoms. The van der Waals surface area contributed by atoms with Crippen molar-refractivity contribution in [2.75, 3.05) is 0 Å². The van der Waals surface area contributed by atoms with Gasteiger partial charge in [0, 0.05) is 0 Å². The number of rotatable bonds is 7. The number of guanidine groups is 1. The lowest BCUT2D eigenvalue weighted by atomic mass is 10.2. The minimum absolute atomic E-state index is 0.125. The monoisotopic (exact) mass is 399 g/mol. The van der Waals surface area contributed by atoms with Gasteiger partial charge in [-0.25, -0.2) is 19.0 Å². The normalized spacial score (nSPS) is 11.7. The number of nitrogens with two attached hydrogens (primary N) is 1. The Balaban J connectivity index is 1.76. The van der Waals surface area contributed by atoms with Crippen LogP contribution in [0, 0.1) is 5.82 Å². The van der Waals surface area contributed by atoms with Crippen molar-refractivity contribution in [1.82, 2.24) is 5.09 Å². The van der Waals surface area contributed by atoms with Gasteiger partial charge in [0.25, 0.3) is 0 Å². The Morgan fingerprint density at radius 3 is 1.89 bits per heavy atom. The predicted molar refractivity (Wildman–Crippen MR) is 107 cm³/mol. The topological polar surface area (TPSA) is 85.9 Å². The van der Waals surface area contributed by atoms with Crippen molar-refractivity contribution in [3.05, 3.63) is 96.3 Å². The van der Waals surface area contributed by atoms with Crippen LogP contribution in [0.25, 0.3) is 0 Å². The van der Waals surface area contributed by atoms with Crippen LogP contribution in [0.4, 0.5) is 4.39 Å². The van der Waals surface area contributed by atoms with Crippen molar-refractivity contribution < 1.29 is 18.0 Å². The van der Waals surface area contributed by atoms with E-state index in [1.165, 1.54) is 12.1 Å². The average molecular weight is 399 g/mol. The molecule has 0 unspecified atom stereocenters. The van der Waals surface area contributed by atoms with Gasteiger partial charge in [-0.3, -0.25) is 0 Å². The van der Waals surface area contributed by atoms with Crippen molar-refractivity contribution in [3.63, 3.8) is 0 Å². The number of benzene rings is 3. The molecule has 3 aromatic rings. The first-order valence-corrected chi connectivity index (χ1v) is 9.99. The highest BCUT2D eigenvalue weighted by Crippen LogP contribution is 2.44. The summed E-state index contributed by atoms with van der Waals surface area (Å²) in [6.07, 6.45) is 0. The molecule has 3 N–H and O–H groups in total. The van der Waals surface area contributed by atoms with Gasteiger partial charge in [0.1, 0.15) is 17.3 Å². The van der Waals surface area contributed by atoms with Crippen LogP contribution < -0.4 is 19.9 Å². The van der Waals surface area contributed by atoms with E-state index in [0.717, 1.165) is 5.56 Å². The van der Waals surface area contributed by atoms with E-state index in [1.54, 1.807) is 60.7 Å². The molecule has 0 radical (unpaired) electrons. The Kier molecular flexibility index (Phi) is 6.29. The minimum atomic E-state index is -3.91. The molecule has 0 aliphatic carbocycles. The summed E-state index contributed by atoms with van der Waals surface area (Å²) in [5.41, 5.74) is 6.62. The number of para-hydroxylation sites is 2. The fourth-order valence-electron chi connectivity index (χ4n) is 2.25. The molecule has 0 saturated heterocycles. The third-order valence-corrected chi connectivity index (χ3v) is 4.94. The number of halogens is 1. The molecule has 0 atom stereocenters. The van der Waals surface area contributed by atoms with E-state index in [9.17, 15) is 8.96 Å². The molecule has 0 fully saturated rings. The molecule has 3 rings (SSSR count). The zero-order chi connectivity index (χ0) is 19.8. The molecule has 28 heavy (non-hydrogen) atoms. The molecule has 0 heterocycles. The van der Waals surface area contributed by atoms with Crippen LogP contribution >= 0.6 is 7.75 Å². The Labute approximate surface area is 162 Å². The number of aliphatic imine (C=N–C) groups is 1. The molecule has 8 heteroatoms. The second kappa shape index (κ2) is 9.06. The Bertz CT molecular complexity index is 922. The molecular formula is C20H19FN3O3P. The second-order valence-corrected chi connectivity index (χ2v) is 7.33. The molecule has 0 amide bonds. The summed E-state index contributed by atoms with van der Waals surface area (Å²) < 4.78 is 37.3. The summed E-state index contributed by atoms with van der Waals surface area (Å²) in [5, 5.41) is 2.54. The number of hydrogen-bond acceptors (Lipinski definition) is 4. The molecule has 0 spiro atoms. The molecule has 0 aromatic heterocycles. The first kappa shape index (κ1) is 19.5. The van der Waals surface area contributed by atoms with E-state index in [4.69, 9.17) is 14.8 Å². The fourth-order valence-corrected chi connectivity index (χ4v) is 3.52. The molecular weight excluding hydrogens is 380 g/mol.